The van der Waals surface area contributed by atoms with E-state index in [9.17, 15) is 0 Å². The van der Waals surface area contributed by atoms with Crippen molar-refractivity contribution in [1.29, 1.82) is 5.41 Å². The van der Waals surface area contributed by atoms with Crippen LogP contribution in [0.4, 0.5) is 0 Å². The molecule has 0 radical (unpaired) electrons. The quantitative estimate of drug-likeness (QED) is 0.481. The maximum absolute atomic E-state index is 7.23. The van der Waals surface area contributed by atoms with Crippen molar-refractivity contribution in [3.63, 3.8) is 0 Å². The van der Waals surface area contributed by atoms with E-state index in [1.165, 1.54) is 0 Å². The summed E-state index contributed by atoms with van der Waals surface area (Å²) in [6.07, 6.45) is 5.99. The Labute approximate surface area is 66.9 Å². The summed E-state index contributed by atoms with van der Waals surface area (Å²) in [5.74, 6) is 0. The molecule has 0 heterocycles. The molecule has 0 atom stereocenters. The van der Waals surface area contributed by atoms with Crippen LogP contribution in [0, 0.1) is 5.41 Å². The van der Waals surface area contributed by atoms with E-state index in [2.05, 4.69) is 0 Å². The summed E-state index contributed by atoms with van der Waals surface area (Å²) in [4.78, 5) is 0. The monoisotopic (exact) mass is 157 g/mol. The van der Waals surface area contributed by atoms with Crippen molar-refractivity contribution >= 4 is 17.3 Å². The SMILES string of the molecule is CC=C(Cl)C=CC(=N)CC. The first-order valence-corrected chi connectivity index (χ1v) is 3.65. The predicted molar refractivity (Wildman–Crippen MR) is 46.8 cm³/mol. The third-order valence-electron chi connectivity index (χ3n) is 1.10. The Morgan fingerprint density at radius 3 is 2.50 bits per heavy atom. The van der Waals surface area contributed by atoms with Crippen LogP contribution in [-0.2, 0) is 0 Å². The summed E-state index contributed by atoms with van der Waals surface area (Å²) in [7, 11) is 0. The Balaban J connectivity index is 3.88. The number of hydrogen-bond donors (Lipinski definition) is 1. The van der Waals surface area contributed by atoms with E-state index >= 15 is 0 Å². The van der Waals surface area contributed by atoms with Crippen molar-refractivity contribution in [3.8, 4) is 0 Å². The molecule has 0 aliphatic carbocycles. The molecule has 0 aromatic rings. The number of halogens is 1. The van der Waals surface area contributed by atoms with E-state index in [4.69, 9.17) is 17.0 Å². The van der Waals surface area contributed by atoms with Gasteiger partial charge in [-0.15, -0.1) is 0 Å². The van der Waals surface area contributed by atoms with E-state index in [1.54, 1.807) is 18.2 Å². The van der Waals surface area contributed by atoms with Gasteiger partial charge in [0.2, 0.25) is 0 Å². The van der Waals surface area contributed by atoms with Crippen molar-refractivity contribution in [2.45, 2.75) is 20.3 Å². The number of hydrogen-bond acceptors (Lipinski definition) is 1. The third-order valence-corrected chi connectivity index (χ3v) is 1.44. The van der Waals surface area contributed by atoms with Crippen LogP contribution in [0.15, 0.2) is 23.3 Å². The highest BCUT2D eigenvalue weighted by Gasteiger charge is 1.84. The van der Waals surface area contributed by atoms with Crippen LogP contribution in [-0.4, -0.2) is 5.71 Å². The summed E-state index contributed by atoms with van der Waals surface area (Å²) in [5.41, 5.74) is 0.597. The molecule has 0 saturated carbocycles. The molecule has 0 bridgehead atoms. The van der Waals surface area contributed by atoms with Crippen LogP contribution in [0.2, 0.25) is 0 Å². The molecule has 0 aromatic heterocycles. The lowest BCUT2D eigenvalue weighted by Gasteiger charge is -1.88. The third kappa shape index (κ3) is 4.33. The molecule has 0 fully saturated rings. The van der Waals surface area contributed by atoms with Crippen molar-refractivity contribution in [2.24, 2.45) is 0 Å². The van der Waals surface area contributed by atoms with Crippen LogP contribution in [0.3, 0.4) is 0 Å². The van der Waals surface area contributed by atoms with Gasteiger partial charge in [-0.05, 0) is 25.5 Å². The molecule has 56 valence electrons. The zero-order chi connectivity index (χ0) is 7.98. The Kier molecular flexibility index (Phi) is 4.95. The molecule has 2 heteroatoms. The molecule has 0 aromatic carbocycles. The molecular weight excluding hydrogens is 146 g/mol. The summed E-state index contributed by atoms with van der Waals surface area (Å²) >= 11 is 5.64. The number of allylic oxidation sites excluding steroid dienone is 4. The van der Waals surface area contributed by atoms with Crippen molar-refractivity contribution in [2.75, 3.05) is 0 Å². The standard InChI is InChI=1S/C8H12ClN/c1-3-7(9)5-6-8(10)4-2/h3,5-6,10H,4H2,1-2H3. The lowest BCUT2D eigenvalue weighted by Crippen LogP contribution is -1.84. The molecule has 0 spiro atoms. The topological polar surface area (TPSA) is 23.9 Å². The van der Waals surface area contributed by atoms with Gasteiger partial charge >= 0.3 is 0 Å². The average Bonchev–Trinajstić information content (AvgIpc) is 1.99. The van der Waals surface area contributed by atoms with E-state index in [0.29, 0.717) is 10.7 Å². The number of nitrogens with one attached hydrogen (secondary N) is 1. The Morgan fingerprint density at radius 2 is 2.10 bits per heavy atom. The maximum atomic E-state index is 7.23. The first-order chi connectivity index (χ1) is 4.70. The minimum atomic E-state index is 0.597. The lowest BCUT2D eigenvalue weighted by atomic mass is 10.2. The van der Waals surface area contributed by atoms with E-state index in [-0.39, 0.29) is 0 Å². The van der Waals surface area contributed by atoms with Gasteiger partial charge < -0.3 is 5.41 Å². The minimum Gasteiger partial charge on any atom is -0.305 e. The molecule has 1 nitrogen and oxygen atoms in total. The van der Waals surface area contributed by atoms with Gasteiger partial charge in [-0.25, -0.2) is 0 Å². The predicted octanol–water partition coefficient (Wildman–Crippen LogP) is 3.11. The summed E-state index contributed by atoms with van der Waals surface area (Å²) in [6.45, 7) is 3.80. The fraction of sp³-hybridized carbons (Fsp3) is 0.375. The van der Waals surface area contributed by atoms with Gasteiger partial charge in [0.05, 0.1) is 0 Å². The van der Waals surface area contributed by atoms with Gasteiger partial charge in [-0.2, -0.15) is 0 Å². The fourth-order valence-electron chi connectivity index (χ4n) is 0.394. The molecular formula is C8H12ClN. The zero-order valence-electron chi connectivity index (χ0n) is 6.32. The Bertz CT molecular complexity index is 168. The van der Waals surface area contributed by atoms with Gasteiger partial charge in [0.1, 0.15) is 0 Å². The second-order valence-electron chi connectivity index (χ2n) is 1.89. The fourth-order valence-corrected chi connectivity index (χ4v) is 0.457. The molecule has 0 unspecified atom stereocenters. The molecule has 1 N–H and O–H groups in total. The lowest BCUT2D eigenvalue weighted by molar-refractivity contribution is 1.26. The highest BCUT2D eigenvalue weighted by molar-refractivity contribution is 6.31. The van der Waals surface area contributed by atoms with Gasteiger partial charge in [-0.1, -0.05) is 24.6 Å². The average molecular weight is 158 g/mol. The van der Waals surface area contributed by atoms with Crippen molar-refractivity contribution in [1.82, 2.24) is 0 Å². The van der Waals surface area contributed by atoms with Crippen LogP contribution in [0.25, 0.3) is 0 Å². The Hall–Kier alpha value is -0.560. The van der Waals surface area contributed by atoms with E-state index in [0.717, 1.165) is 6.42 Å². The normalized spacial score (nSPS) is 12.5. The second-order valence-corrected chi connectivity index (χ2v) is 2.32. The zero-order valence-corrected chi connectivity index (χ0v) is 7.07. The van der Waals surface area contributed by atoms with Crippen molar-refractivity contribution in [3.05, 3.63) is 23.3 Å². The molecule has 0 aliphatic rings. The summed E-state index contributed by atoms with van der Waals surface area (Å²) in [5, 5.41) is 7.91. The first kappa shape index (κ1) is 9.44. The van der Waals surface area contributed by atoms with E-state index < -0.39 is 0 Å². The van der Waals surface area contributed by atoms with Gasteiger partial charge in [0.15, 0.2) is 0 Å². The molecule has 0 saturated heterocycles. The molecule has 0 rings (SSSR count). The Morgan fingerprint density at radius 1 is 1.50 bits per heavy atom. The van der Waals surface area contributed by atoms with Gasteiger partial charge in [0.25, 0.3) is 0 Å². The minimum absolute atomic E-state index is 0.597. The molecule has 0 aliphatic heterocycles. The van der Waals surface area contributed by atoms with Gasteiger partial charge in [-0.3, -0.25) is 0 Å². The van der Waals surface area contributed by atoms with Gasteiger partial charge in [0, 0.05) is 10.7 Å². The van der Waals surface area contributed by atoms with Crippen LogP contribution < -0.4 is 0 Å². The molecule has 10 heavy (non-hydrogen) atoms. The van der Waals surface area contributed by atoms with Crippen LogP contribution in [0.1, 0.15) is 20.3 Å². The second kappa shape index (κ2) is 5.24. The first-order valence-electron chi connectivity index (χ1n) is 3.28. The molecule has 0 amide bonds. The number of rotatable bonds is 3. The maximum Gasteiger partial charge on any atom is 0.0363 e. The summed E-state index contributed by atoms with van der Waals surface area (Å²) < 4.78 is 0. The van der Waals surface area contributed by atoms with Crippen LogP contribution in [0.5, 0.6) is 0 Å². The summed E-state index contributed by atoms with van der Waals surface area (Å²) in [6, 6.07) is 0. The highest BCUT2D eigenvalue weighted by atomic mass is 35.5. The highest BCUT2D eigenvalue weighted by Crippen LogP contribution is 2.02. The largest absolute Gasteiger partial charge is 0.305 e. The van der Waals surface area contributed by atoms with Crippen LogP contribution >= 0.6 is 11.6 Å². The van der Waals surface area contributed by atoms with Crippen molar-refractivity contribution < 1.29 is 0 Å². The smallest absolute Gasteiger partial charge is 0.0363 e. The van der Waals surface area contributed by atoms with E-state index in [1.807, 2.05) is 13.8 Å².